The molecule has 1 aliphatic heterocycles. The van der Waals surface area contributed by atoms with Crippen molar-refractivity contribution in [1.82, 2.24) is 0 Å². The third-order valence-electron chi connectivity index (χ3n) is 8.34. The second-order valence-corrected chi connectivity index (χ2v) is 13.9. The zero-order valence-corrected chi connectivity index (χ0v) is 26.0. The predicted octanol–water partition coefficient (Wildman–Crippen LogP) is 8.75. The largest absolute Gasteiger partial charge is 0.489 e. The summed E-state index contributed by atoms with van der Waals surface area (Å²) in [5, 5.41) is 0. The van der Waals surface area contributed by atoms with E-state index in [0.717, 1.165) is 78.6 Å². The molecule has 1 atom stereocenters. The lowest BCUT2D eigenvalue weighted by Gasteiger charge is -2.35. The van der Waals surface area contributed by atoms with Gasteiger partial charge in [-0.3, -0.25) is 0 Å². The first-order valence-electron chi connectivity index (χ1n) is 14.6. The summed E-state index contributed by atoms with van der Waals surface area (Å²) in [5.41, 5.74) is 5.03. The monoisotopic (exact) mass is 581 g/mol. The molecule has 1 heterocycles. The predicted molar refractivity (Wildman–Crippen MR) is 168 cm³/mol. The van der Waals surface area contributed by atoms with Gasteiger partial charge in [0.05, 0.1) is 10.6 Å². The molecule has 0 N–H and O–H groups in total. The molecule has 0 aliphatic carbocycles. The molecule has 3 aromatic rings. The third-order valence-corrected chi connectivity index (χ3v) is 10.7. The van der Waals surface area contributed by atoms with E-state index in [-0.39, 0.29) is 17.1 Å². The van der Waals surface area contributed by atoms with Crippen molar-refractivity contribution >= 4 is 27.1 Å². The van der Waals surface area contributed by atoms with Crippen LogP contribution in [0.3, 0.4) is 0 Å². The van der Waals surface area contributed by atoms with E-state index in [4.69, 9.17) is 16.3 Å². The van der Waals surface area contributed by atoms with Gasteiger partial charge in [-0.05, 0) is 77.3 Å². The summed E-state index contributed by atoms with van der Waals surface area (Å²) in [6, 6.07) is 22.3. The fourth-order valence-electron chi connectivity index (χ4n) is 6.01. The van der Waals surface area contributed by atoms with Crippen LogP contribution >= 0.6 is 11.6 Å². The van der Waals surface area contributed by atoms with E-state index >= 15 is 0 Å². The molecule has 6 heteroatoms. The maximum absolute atomic E-state index is 14.0. The molecule has 4 rings (SSSR count). The zero-order chi connectivity index (χ0) is 28.8. The summed E-state index contributed by atoms with van der Waals surface area (Å²) in [5.74, 6) is 1.53. The average Bonchev–Trinajstić information content (AvgIpc) is 3.06. The molecule has 0 saturated carbocycles. The molecule has 0 radical (unpaired) electrons. The van der Waals surface area contributed by atoms with Crippen LogP contribution in [0.15, 0.2) is 71.6 Å². The molecule has 0 saturated heterocycles. The van der Waals surface area contributed by atoms with Crippen LogP contribution in [0, 0.1) is 5.41 Å². The molecular formula is C34H44ClNO3S. The van der Waals surface area contributed by atoms with Crippen molar-refractivity contribution in [2.24, 2.45) is 5.41 Å². The van der Waals surface area contributed by atoms with Crippen LogP contribution in [0.25, 0.3) is 0 Å². The summed E-state index contributed by atoms with van der Waals surface area (Å²) in [6.45, 7) is 4.87. The Bertz CT molecular complexity index is 1340. The standard InChI is InChI=1S/C34H44ClNO3S/c1-5-7-19-34(20-8-6-2)22-32(31-21-29(36(3)4)15-18-33(31)40(37,38)25-34)28-13-16-30(17-14-28)39-24-27-11-9-26(23-35)10-12-27/h9-18,21,32H,5-8,19-20,22-25H2,1-4H3/t32-/m1/s1. The maximum Gasteiger partial charge on any atom is 0.179 e. The summed E-state index contributed by atoms with van der Waals surface area (Å²) in [6.07, 6.45) is 6.94. The van der Waals surface area contributed by atoms with E-state index in [2.05, 4.69) is 32.0 Å². The van der Waals surface area contributed by atoms with Gasteiger partial charge in [0.25, 0.3) is 0 Å². The second-order valence-electron chi connectivity index (χ2n) is 11.6. The number of anilines is 1. The van der Waals surface area contributed by atoms with Crippen molar-refractivity contribution in [3.8, 4) is 5.75 Å². The minimum Gasteiger partial charge on any atom is -0.489 e. The highest BCUT2D eigenvalue weighted by Crippen LogP contribution is 2.50. The number of sulfone groups is 1. The normalized spacial score (nSPS) is 17.6. The van der Waals surface area contributed by atoms with Gasteiger partial charge in [0, 0.05) is 31.6 Å². The van der Waals surface area contributed by atoms with E-state index in [9.17, 15) is 8.42 Å². The van der Waals surface area contributed by atoms with Gasteiger partial charge in [-0.25, -0.2) is 8.42 Å². The smallest absolute Gasteiger partial charge is 0.179 e. The topological polar surface area (TPSA) is 46.6 Å². The van der Waals surface area contributed by atoms with Crippen molar-refractivity contribution in [2.45, 2.75) is 82.1 Å². The van der Waals surface area contributed by atoms with E-state index in [1.54, 1.807) is 0 Å². The van der Waals surface area contributed by atoms with Crippen molar-refractivity contribution < 1.29 is 13.2 Å². The van der Waals surface area contributed by atoms with Gasteiger partial charge in [0.2, 0.25) is 0 Å². The van der Waals surface area contributed by atoms with Crippen LogP contribution in [0.5, 0.6) is 5.75 Å². The van der Waals surface area contributed by atoms with Crippen molar-refractivity contribution in [3.63, 3.8) is 0 Å². The number of benzene rings is 3. The fraction of sp³-hybridized carbons (Fsp3) is 0.471. The van der Waals surface area contributed by atoms with E-state index in [0.29, 0.717) is 17.4 Å². The van der Waals surface area contributed by atoms with Gasteiger partial charge in [-0.1, -0.05) is 75.9 Å². The Kier molecular flexibility index (Phi) is 10.2. The molecule has 0 aromatic heterocycles. The molecule has 3 aromatic carbocycles. The lowest BCUT2D eigenvalue weighted by molar-refractivity contribution is 0.230. The van der Waals surface area contributed by atoms with E-state index in [1.807, 2.05) is 67.5 Å². The lowest BCUT2D eigenvalue weighted by Crippen LogP contribution is -2.30. The number of nitrogens with zero attached hydrogens (tertiary/aromatic N) is 1. The first-order chi connectivity index (χ1) is 19.2. The van der Waals surface area contributed by atoms with Crippen molar-refractivity contribution in [1.29, 1.82) is 0 Å². The molecule has 0 fully saturated rings. The highest BCUT2D eigenvalue weighted by Gasteiger charge is 2.43. The maximum atomic E-state index is 14.0. The van der Waals surface area contributed by atoms with Crippen LogP contribution in [-0.2, 0) is 22.3 Å². The first kappa shape index (κ1) is 30.5. The minimum atomic E-state index is -3.43. The SMILES string of the molecule is CCCCC1(CCCC)C[C@H](c2ccc(OCc3ccc(CCl)cc3)cc2)c2cc(N(C)C)ccc2S(=O)(=O)C1. The summed E-state index contributed by atoms with van der Waals surface area (Å²) in [7, 11) is 0.574. The van der Waals surface area contributed by atoms with Crippen LogP contribution in [0.2, 0.25) is 0 Å². The van der Waals surface area contributed by atoms with Gasteiger partial charge in [-0.15, -0.1) is 11.6 Å². The fourth-order valence-corrected chi connectivity index (χ4v) is 8.40. The number of ether oxygens (including phenoxy) is 1. The van der Waals surface area contributed by atoms with Crippen molar-refractivity contribution in [3.05, 3.63) is 89.0 Å². The Morgan fingerprint density at radius 2 is 1.52 bits per heavy atom. The zero-order valence-electron chi connectivity index (χ0n) is 24.5. The Labute approximate surface area is 246 Å². The molecule has 0 amide bonds. The number of rotatable bonds is 12. The number of hydrogen-bond donors (Lipinski definition) is 0. The van der Waals surface area contributed by atoms with E-state index in [1.165, 1.54) is 0 Å². The van der Waals surface area contributed by atoms with Crippen LogP contribution in [0.1, 0.15) is 87.0 Å². The summed E-state index contributed by atoms with van der Waals surface area (Å²) in [4.78, 5) is 2.55. The van der Waals surface area contributed by atoms with Crippen molar-refractivity contribution in [2.75, 3.05) is 24.7 Å². The highest BCUT2D eigenvalue weighted by atomic mass is 35.5. The Morgan fingerprint density at radius 3 is 2.10 bits per heavy atom. The summed E-state index contributed by atoms with van der Waals surface area (Å²) >= 11 is 5.91. The number of hydrogen-bond acceptors (Lipinski definition) is 4. The van der Waals surface area contributed by atoms with Gasteiger partial charge < -0.3 is 9.64 Å². The molecule has 40 heavy (non-hydrogen) atoms. The van der Waals surface area contributed by atoms with Crippen LogP contribution in [0.4, 0.5) is 5.69 Å². The summed E-state index contributed by atoms with van der Waals surface area (Å²) < 4.78 is 34.0. The number of alkyl halides is 1. The molecule has 216 valence electrons. The third kappa shape index (κ3) is 7.22. The van der Waals surface area contributed by atoms with Gasteiger partial charge in [0.15, 0.2) is 9.84 Å². The average molecular weight is 582 g/mol. The molecule has 0 spiro atoms. The number of fused-ring (bicyclic) bond motifs is 1. The molecule has 4 nitrogen and oxygen atoms in total. The van der Waals surface area contributed by atoms with Crippen LogP contribution in [-0.4, -0.2) is 28.3 Å². The Balaban J connectivity index is 1.70. The Hall–Kier alpha value is -2.50. The molecule has 0 bridgehead atoms. The molecular weight excluding hydrogens is 538 g/mol. The molecule has 1 aliphatic rings. The first-order valence-corrected chi connectivity index (χ1v) is 16.8. The van der Waals surface area contributed by atoms with Crippen LogP contribution < -0.4 is 9.64 Å². The van der Waals surface area contributed by atoms with E-state index < -0.39 is 9.84 Å². The number of unbranched alkanes of at least 4 members (excludes halogenated alkanes) is 2. The quantitative estimate of drug-likeness (QED) is 0.201. The lowest BCUT2D eigenvalue weighted by atomic mass is 9.70. The van der Waals surface area contributed by atoms with Gasteiger partial charge in [0.1, 0.15) is 12.4 Å². The molecule has 0 unspecified atom stereocenters. The minimum absolute atomic E-state index is 0.00182. The second kappa shape index (κ2) is 13.4. The van der Waals surface area contributed by atoms with Gasteiger partial charge >= 0.3 is 0 Å². The highest BCUT2D eigenvalue weighted by molar-refractivity contribution is 7.91. The number of halogens is 1. The van der Waals surface area contributed by atoms with Gasteiger partial charge in [-0.2, -0.15) is 0 Å². The Morgan fingerprint density at radius 1 is 0.900 bits per heavy atom.